The summed E-state index contributed by atoms with van der Waals surface area (Å²) in [4.78, 5) is 12.3. The first kappa shape index (κ1) is 15.7. The molecular weight excluding hydrogens is 242 g/mol. The van der Waals surface area contributed by atoms with Gasteiger partial charge in [-0.15, -0.1) is 0 Å². The summed E-state index contributed by atoms with van der Waals surface area (Å²) < 4.78 is 1.66. The van der Waals surface area contributed by atoms with Crippen LogP contribution in [0.5, 0.6) is 0 Å². The van der Waals surface area contributed by atoms with Gasteiger partial charge in [-0.2, -0.15) is 5.10 Å². The van der Waals surface area contributed by atoms with Crippen molar-refractivity contribution in [3.63, 3.8) is 0 Å². The zero-order valence-electron chi connectivity index (χ0n) is 12.5. The molecule has 0 spiro atoms. The van der Waals surface area contributed by atoms with Crippen LogP contribution in [0.15, 0.2) is 6.20 Å². The fraction of sp³-hybridized carbons (Fsp3) is 0.714. The van der Waals surface area contributed by atoms with E-state index in [-0.39, 0.29) is 24.0 Å². The minimum absolute atomic E-state index is 0.0603. The Kier molecular flexibility index (Phi) is 5.11. The quantitative estimate of drug-likeness (QED) is 0.849. The Labute approximate surface area is 115 Å². The number of aryl methyl sites for hydroxylation is 2. The van der Waals surface area contributed by atoms with Gasteiger partial charge in [0.2, 0.25) is 0 Å². The van der Waals surface area contributed by atoms with Gasteiger partial charge in [-0.3, -0.25) is 9.48 Å². The van der Waals surface area contributed by atoms with Crippen molar-refractivity contribution in [2.24, 2.45) is 12.5 Å². The second-order valence-corrected chi connectivity index (χ2v) is 5.92. The highest BCUT2D eigenvalue weighted by Gasteiger charge is 2.27. The summed E-state index contributed by atoms with van der Waals surface area (Å²) in [5.74, 6) is -0.113. The standard InChI is InChI=1S/C14H25N3O2/c1-6-11-10(9-17(5)16-11)13(19)15-12(7-8-18)14(2,3)4/h9,12,18H,6-8H2,1-5H3,(H,15,19). The van der Waals surface area contributed by atoms with Crippen LogP contribution in [-0.2, 0) is 13.5 Å². The van der Waals surface area contributed by atoms with Crippen molar-refractivity contribution in [3.8, 4) is 0 Å². The van der Waals surface area contributed by atoms with E-state index in [1.165, 1.54) is 0 Å². The topological polar surface area (TPSA) is 67.2 Å². The number of rotatable bonds is 5. The second kappa shape index (κ2) is 6.19. The zero-order valence-corrected chi connectivity index (χ0v) is 12.5. The van der Waals surface area contributed by atoms with Crippen LogP contribution in [0.3, 0.4) is 0 Å². The molecule has 1 atom stereocenters. The molecule has 1 rings (SSSR count). The van der Waals surface area contributed by atoms with Crippen molar-refractivity contribution in [1.82, 2.24) is 15.1 Å². The number of hydrogen-bond acceptors (Lipinski definition) is 3. The van der Waals surface area contributed by atoms with Crippen LogP contribution in [0.2, 0.25) is 0 Å². The molecule has 0 fully saturated rings. The molecule has 0 saturated heterocycles. The van der Waals surface area contributed by atoms with Crippen molar-refractivity contribution < 1.29 is 9.90 Å². The maximum Gasteiger partial charge on any atom is 0.254 e. The molecule has 0 aliphatic rings. The summed E-state index contributed by atoms with van der Waals surface area (Å²) in [7, 11) is 1.81. The number of aliphatic hydroxyl groups excluding tert-OH is 1. The number of carbonyl (C=O) groups is 1. The highest BCUT2D eigenvalue weighted by atomic mass is 16.3. The Hall–Kier alpha value is -1.36. The lowest BCUT2D eigenvalue weighted by molar-refractivity contribution is 0.0884. The molecule has 1 unspecified atom stereocenters. The van der Waals surface area contributed by atoms with E-state index in [1.807, 2.05) is 14.0 Å². The van der Waals surface area contributed by atoms with E-state index in [4.69, 9.17) is 5.11 Å². The second-order valence-electron chi connectivity index (χ2n) is 5.92. The van der Waals surface area contributed by atoms with Crippen LogP contribution in [0.1, 0.15) is 50.2 Å². The van der Waals surface area contributed by atoms with E-state index in [2.05, 4.69) is 31.2 Å². The monoisotopic (exact) mass is 267 g/mol. The lowest BCUT2D eigenvalue weighted by atomic mass is 9.84. The third kappa shape index (κ3) is 4.06. The van der Waals surface area contributed by atoms with Gasteiger partial charge >= 0.3 is 0 Å². The minimum Gasteiger partial charge on any atom is -0.396 e. The summed E-state index contributed by atoms with van der Waals surface area (Å²) in [5, 5.41) is 16.4. The zero-order chi connectivity index (χ0) is 14.6. The van der Waals surface area contributed by atoms with Gasteiger partial charge in [-0.05, 0) is 18.3 Å². The van der Waals surface area contributed by atoms with E-state index < -0.39 is 0 Å². The molecule has 0 saturated carbocycles. The van der Waals surface area contributed by atoms with Crippen LogP contribution in [0, 0.1) is 5.41 Å². The molecule has 0 aliphatic heterocycles. The minimum atomic E-state index is -0.113. The van der Waals surface area contributed by atoms with Crippen molar-refractivity contribution in [1.29, 1.82) is 0 Å². The van der Waals surface area contributed by atoms with Gasteiger partial charge in [-0.1, -0.05) is 27.7 Å². The van der Waals surface area contributed by atoms with Crippen LogP contribution in [0.25, 0.3) is 0 Å². The molecule has 1 amide bonds. The van der Waals surface area contributed by atoms with Gasteiger partial charge in [0, 0.05) is 25.9 Å². The Morgan fingerprint density at radius 3 is 2.63 bits per heavy atom. The first-order chi connectivity index (χ1) is 8.79. The van der Waals surface area contributed by atoms with Gasteiger partial charge in [0.15, 0.2) is 0 Å². The highest BCUT2D eigenvalue weighted by Crippen LogP contribution is 2.22. The number of aliphatic hydroxyl groups is 1. The van der Waals surface area contributed by atoms with Crippen molar-refractivity contribution in [2.45, 2.75) is 46.6 Å². The molecule has 108 valence electrons. The lowest BCUT2D eigenvalue weighted by Gasteiger charge is -2.31. The van der Waals surface area contributed by atoms with E-state index in [9.17, 15) is 4.79 Å². The molecule has 0 radical (unpaired) electrons. The van der Waals surface area contributed by atoms with E-state index >= 15 is 0 Å². The Balaban J connectivity index is 2.87. The average molecular weight is 267 g/mol. The van der Waals surface area contributed by atoms with E-state index in [0.29, 0.717) is 12.0 Å². The van der Waals surface area contributed by atoms with E-state index in [0.717, 1.165) is 12.1 Å². The number of aromatic nitrogens is 2. The first-order valence-corrected chi connectivity index (χ1v) is 6.73. The van der Waals surface area contributed by atoms with E-state index in [1.54, 1.807) is 10.9 Å². The molecule has 1 aromatic rings. The molecule has 5 heteroatoms. The summed E-state index contributed by atoms with van der Waals surface area (Å²) in [6, 6.07) is -0.0603. The number of nitrogens with zero attached hydrogens (tertiary/aromatic N) is 2. The van der Waals surface area contributed by atoms with Gasteiger partial charge in [0.25, 0.3) is 5.91 Å². The number of hydrogen-bond donors (Lipinski definition) is 2. The smallest absolute Gasteiger partial charge is 0.254 e. The van der Waals surface area contributed by atoms with Crippen LogP contribution in [-0.4, -0.2) is 33.4 Å². The molecule has 19 heavy (non-hydrogen) atoms. The summed E-state index contributed by atoms with van der Waals surface area (Å²) in [6.45, 7) is 8.21. The largest absolute Gasteiger partial charge is 0.396 e. The first-order valence-electron chi connectivity index (χ1n) is 6.73. The van der Waals surface area contributed by atoms with Crippen molar-refractivity contribution >= 4 is 5.91 Å². The maximum absolute atomic E-state index is 12.3. The van der Waals surface area contributed by atoms with Crippen molar-refractivity contribution in [3.05, 3.63) is 17.5 Å². The fourth-order valence-electron chi connectivity index (χ4n) is 2.07. The molecule has 0 bridgehead atoms. The molecule has 0 aliphatic carbocycles. The van der Waals surface area contributed by atoms with Crippen LogP contribution < -0.4 is 5.32 Å². The summed E-state index contributed by atoms with van der Waals surface area (Å²) in [5.41, 5.74) is 1.33. The number of amides is 1. The van der Waals surface area contributed by atoms with Gasteiger partial charge in [-0.25, -0.2) is 0 Å². The Morgan fingerprint density at radius 2 is 2.16 bits per heavy atom. The lowest BCUT2D eigenvalue weighted by Crippen LogP contribution is -2.44. The van der Waals surface area contributed by atoms with Crippen LogP contribution in [0.4, 0.5) is 0 Å². The third-order valence-electron chi connectivity index (χ3n) is 3.25. The summed E-state index contributed by atoms with van der Waals surface area (Å²) in [6.07, 6.45) is 3.02. The summed E-state index contributed by atoms with van der Waals surface area (Å²) >= 11 is 0. The van der Waals surface area contributed by atoms with Gasteiger partial charge in [0.1, 0.15) is 0 Å². The highest BCUT2D eigenvalue weighted by molar-refractivity contribution is 5.95. The average Bonchev–Trinajstić information content (AvgIpc) is 2.68. The molecule has 1 aromatic heterocycles. The SMILES string of the molecule is CCc1nn(C)cc1C(=O)NC(CCO)C(C)(C)C. The molecule has 0 aromatic carbocycles. The van der Waals surface area contributed by atoms with Crippen molar-refractivity contribution in [2.75, 3.05) is 6.61 Å². The van der Waals surface area contributed by atoms with Gasteiger partial charge < -0.3 is 10.4 Å². The molecule has 2 N–H and O–H groups in total. The molecule has 5 nitrogen and oxygen atoms in total. The third-order valence-corrected chi connectivity index (χ3v) is 3.25. The predicted octanol–water partition coefficient (Wildman–Crippen LogP) is 1.51. The number of carbonyl (C=O) groups excluding carboxylic acids is 1. The normalized spacial score (nSPS) is 13.4. The van der Waals surface area contributed by atoms with Gasteiger partial charge in [0.05, 0.1) is 11.3 Å². The Morgan fingerprint density at radius 1 is 1.53 bits per heavy atom. The molecular formula is C14H25N3O2. The maximum atomic E-state index is 12.3. The van der Waals surface area contributed by atoms with Crippen LogP contribution >= 0.6 is 0 Å². The Bertz CT molecular complexity index is 432. The predicted molar refractivity (Wildman–Crippen MR) is 75.0 cm³/mol. The number of nitrogens with one attached hydrogen (secondary N) is 1. The molecule has 1 heterocycles. The fourth-order valence-corrected chi connectivity index (χ4v) is 2.07.